The number of ether oxygens (including phenoxy) is 3. The topological polar surface area (TPSA) is 65.0 Å². The minimum Gasteiger partial charge on any atom is -0.497 e. The fourth-order valence-electron chi connectivity index (χ4n) is 3.83. The molecular formula is C26H40O5. The zero-order valence-corrected chi connectivity index (χ0v) is 19.3. The van der Waals surface area contributed by atoms with Crippen LogP contribution in [0.5, 0.6) is 5.75 Å². The van der Waals surface area contributed by atoms with Crippen molar-refractivity contribution in [3.8, 4) is 5.75 Å². The Labute approximate surface area is 187 Å². The Balaban J connectivity index is 1.83. The molecule has 174 valence electrons. The molecule has 2 rings (SSSR count). The van der Waals surface area contributed by atoms with Crippen molar-refractivity contribution in [2.45, 2.75) is 102 Å². The quantitative estimate of drug-likeness (QED) is 0.259. The van der Waals surface area contributed by atoms with Crippen molar-refractivity contribution in [1.82, 2.24) is 0 Å². The number of hydrogen-bond donors (Lipinski definition) is 1. The molecule has 0 saturated carbocycles. The Morgan fingerprint density at radius 2 is 1.71 bits per heavy atom. The molecule has 1 aromatic carbocycles. The van der Waals surface area contributed by atoms with E-state index in [1.165, 1.54) is 38.5 Å². The lowest BCUT2D eigenvalue weighted by atomic mass is 10.0. The summed E-state index contributed by atoms with van der Waals surface area (Å²) in [6, 6.07) is 7.82. The Morgan fingerprint density at radius 1 is 1.00 bits per heavy atom. The smallest absolute Gasteiger partial charge is 0.309 e. The second kappa shape index (κ2) is 15.0. The Kier molecular flexibility index (Phi) is 12.3. The highest BCUT2D eigenvalue weighted by molar-refractivity contribution is 5.70. The van der Waals surface area contributed by atoms with Gasteiger partial charge in [0, 0.05) is 0 Å². The fourth-order valence-corrected chi connectivity index (χ4v) is 3.83. The van der Waals surface area contributed by atoms with Crippen molar-refractivity contribution in [1.29, 1.82) is 0 Å². The third kappa shape index (κ3) is 10.8. The number of esters is 1. The summed E-state index contributed by atoms with van der Waals surface area (Å²) < 4.78 is 17.0. The third-order valence-electron chi connectivity index (χ3n) is 5.75. The van der Waals surface area contributed by atoms with E-state index in [0.717, 1.165) is 37.0 Å². The number of rotatable bonds is 12. The van der Waals surface area contributed by atoms with Crippen LogP contribution in [0.15, 0.2) is 36.4 Å². The van der Waals surface area contributed by atoms with E-state index >= 15 is 0 Å². The van der Waals surface area contributed by atoms with Gasteiger partial charge >= 0.3 is 5.97 Å². The van der Waals surface area contributed by atoms with Crippen molar-refractivity contribution in [3.63, 3.8) is 0 Å². The van der Waals surface area contributed by atoms with Crippen LogP contribution in [0.1, 0.15) is 83.1 Å². The summed E-state index contributed by atoms with van der Waals surface area (Å²) in [6.07, 6.45) is 13.6. The second-order valence-corrected chi connectivity index (χ2v) is 8.45. The first-order valence-electron chi connectivity index (χ1n) is 11.9. The molecule has 5 heteroatoms. The molecule has 1 aliphatic heterocycles. The number of benzene rings is 1. The van der Waals surface area contributed by atoms with Gasteiger partial charge in [-0.2, -0.15) is 0 Å². The fraction of sp³-hybridized carbons (Fsp3) is 0.654. The Morgan fingerprint density at radius 3 is 2.42 bits per heavy atom. The van der Waals surface area contributed by atoms with Gasteiger partial charge in [0.15, 0.2) is 0 Å². The lowest BCUT2D eigenvalue weighted by Crippen LogP contribution is -2.25. The summed E-state index contributed by atoms with van der Waals surface area (Å²) in [4.78, 5) is 12.1. The monoisotopic (exact) mass is 432 g/mol. The van der Waals surface area contributed by atoms with Gasteiger partial charge in [-0.1, -0.05) is 69.7 Å². The van der Waals surface area contributed by atoms with Crippen LogP contribution in [0.3, 0.4) is 0 Å². The molecule has 0 fully saturated rings. The number of aliphatic hydroxyl groups excluding tert-OH is 1. The van der Waals surface area contributed by atoms with Crippen LogP contribution in [-0.2, 0) is 20.9 Å². The molecule has 3 atom stereocenters. The minimum atomic E-state index is -0.836. The standard InChI is InChI=1S/C26H40O5/c1-3-4-5-6-7-8-9-10-25-18-17-24(16-13-22(27)19-26(28)31-25)30-20-21-11-14-23(29-2)15-12-21/h11-16,22,24-25,27H,3-10,17-20H2,1-2H3/b16-13+/t22-,24+,25-/m0/s1. The van der Waals surface area contributed by atoms with E-state index in [4.69, 9.17) is 14.2 Å². The van der Waals surface area contributed by atoms with Gasteiger partial charge in [0.05, 0.1) is 32.3 Å². The Bertz CT molecular complexity index is 640. The predicted molar refractivity (Wildman–Crippen MR) is 123 cm³/mol. The van der Waals surface area contributed by atoms with Gasteiger partial charge in [-0.25, -0.2) is 0 Å². The van der Waals surface area contributed by atoms with E-state index in [0.29, 0.717) is 6.61 Å². The van der Waals surface area contributed by atoms with E-state index < -0.39 is 6.10 Å². The van der Waals surface area contributed by atoms with E-state index in [-0.39, 0.29) is 24.6 Å². The molecular weight excluding hydrogens is 392 g/mol. The lowest BCUT2D eigenvalue weighted by Gasteiger charge is -2.23. The van der Waals surface area contributed by atoms with Gasteiger partial charge in [-0.05, 0) is 43.4 Å². The third-order valence-corrected chi connectivity index (χ3v) is 5.75. The van der Waals surface area contributed by atoms with Gasteiger partial charge in [0.1, 0.15) is 11.9 Å². The number of cyclic esters (lactones) is 1. The zero-order chi connectivity index (χ0) is 22.3. The molecule has 0 spiro atoms. The maximum absolute atomic E-state index is 12.1. The number of carbonyl (C=O) groups excluding carboxylic acids is 1. The van der Waals surface area contributed by atoms with Crippen LogP contribution in [0.2, 0.25) is 0 Å². The maximum atomic E-state index is 12.1. The molecule has 31 heavy (non-hydrogen) atoms. The number of aliphatic hydroxyl groups is 1. The summed E-state index contributed by atoms with van der Waals surface area (Å²) in [6.45, 7) is 2.71. The molecule has 0 aromatic heterocycles. The maximum Gasteiger partial charge on any atom is 0.309 e. The minimum absolute atomic E-state index is 0.00474. The van der Waals surface area contributed by atoms with Crippen molar-refractivity contribution < 1.29 is 24.1 Å². The average molecular weight is 433 g/mol. The highest BCUT2D eigenvalue weighted by atomic mass is 16.5. The van der Waals surface area contributed by atoms with Crippen LogP contribution in [0.4, 0.5) is 0 Å². The first-order valence-corrected chi connectivity index (χ1v) is 11.9. The Hall–Kier alpha value is -1.85. The number of methoxy groups -OCH3 is 1. The summed E-state index contributed by atoms with van der Waals surface area (Å²) in [5, 5.41) is 10.1. The molecule has 1 heterocycles. The first-order chi connectivity index (χ1) is 15.1. The molecule has 0 radical (unpaired) electrons. The first kappa shape index (κ1) is 25.4. The van der Waals surface area contributed by atoms with Crippen LogP contribution in [0, 0.1) is 0 Å². The molecule has 0 unspecified atom stereocenters. The predicted octanol–water partition coefficient (Wildman–Crippen LogP) is 5.73. The summed E-state index contributed by atoms with van der Waals surface area (Å²) >= 11 is 0. The van der Waals surface area contributed by atoms with E-state index in [1.807, 2.05) is 30.3 Å². The average Bonchev–Trinajstić information content (AvgIpc) is 2.77. The summed E-state index contributed by atoms with van der Waals surface area (Å²) in [5.41, 5.74) is 1.07. The van der Waals surface area contributed by atoms with E-state index in [9.17, 15) is 9.90 Å². The molecule has 0 bridgehead atoms. The van der Waals surface area contributed by atoms with Gasteiger partial charge in [0.2, 0.25) is 0 Å². The van der Waals surface area contributed by atoms with Crippen molar-refractivity contribution in [3.05, 3.63) is 42.0 Å². The highest BCUT2D eigenvalue weighted by Gasteiger charge is 2.20. The number of carbonyl (C=O) groups is 1. The molecule has 0 saturated heterocycles. The molecule has 0 amide bonds. The van der Waals surface area contributed by atoms with Crippen molar-refractivity contribution >= 4 is 5.97 Å². The van der Waals surface area contributed by atoms with Crippen LogP contribution in [-0.4, -0.2) is 36.5 Å². The number of hydrogen-bond acceptors (Lipinski definition) is 5. The normalized spacial score (nSPS) is 23.2. The largest absolute Gasteiger partial charge is 0.497 e. The number of unbranched alkanes of at least 4 members (excludes halogenated alkanes) is 6. The molecule has 0 aliphatic carbocycles. The SMILES string of the molecule is CCCCCCCCC[C@H]1CC[C@H](OCc2ccc(OC)cc2)/C=C/[C@H](O)CC(=O)O1. The highest BCUT2D eigenvalue weighted by Crippen LogP contribution is 2.20. The summed E-state index contributed by atoms with van der Waals surface area (Å²) in [5.74, 6) is 0.503. The van der Waals surface area contributed by atoms with E-state index in [1.54, 1.807) is 13.2 Å². The molecule has 1 aromatic rings. The van der Waals surface area contributed by atoms with Gasteiger partial charge < -0.3 is 19.3 Å². The van der Waals surface area contributed by atoms with Gasteiger partial charge in [0.25, 0.3) is 0 Å². The van der Waals surface area contributed by atoms with Gasteiger partial charge in [-0.3, -0.25) is 4.79 Å². The molecule has 5 nitrogen and oxygen atoms in total. The van der Waals surface area contributed by atoms with E-state index in [2.05, 4.69) is 6.92 Å². The zero-order valence-electron chi connectivity index (χ0n) is 19.3. The lowest BCUT2D eigenvalue weighted by molar-refractivity contribution is -0.152. The van der Waals surface area contributed by atoms with Crippen molar-refractivity contribution in [2.75, 3.05) is 7.11 Å². The molecule has 1 aliphatic rings. The van der Waals surface area contributed by atoms with Gasteiger partial charge in [-0.15, -0.1) is 0 Å². The van der Waals surface area contributed by atoms with Crippen LogP contribution >= 0.6 is 0 Å². The van der Waals surface area contributed by atoms with Crippen molar-refractivity contribution in [2.24, 2.45) is 0 Å². The van der Waals surface area contributed by atoms with Crippen LogP contribution in [0.25, 0.3) is 0 Å². The summed E-state index contributed by atoms with van der Waals surface area (Å²) in [7, 11) is 1.65. The molecule has 1 N–H and O–H groups in total. The van der Waals surface area contributed by atoms with Crippen LogP contribution < -0.4 is 4.74 Å². The second-order valence-electron chi connectivity index (χ2n) is 8.45.